The fraction of sp³-hybridized carbons (Fsp3) is 0.125. The maximum Gasteiger partial charge on any atom is 0.291 e. The molecule has 0 aliphatic carbocycles. The smallest absolute Gasteiger partial charge is 0.291 e. The third-order valence-electron chi connectivity index (χ3n) is 4.60. The van der Waals surface area contributed by atoms with E-state index in [1.54, 1.807) is 16.8 Å². The molecule has 0 aliphatic rings. The summed E-state index contributed by atoms with van der Waals surface area (Å²) in [6, 6.07) is 24.4. The Hall–Kier alpha value is -3.64. The summed E-state index contributed by atoms with van der Waals surface area (Å²) in [6.07, 6.45) is 0. The molecule has 0 aliphatic heterocycles. The van der Waals surface area contributed by atoms with E-state index in [1.807, 2.05) is 73.7 Å². The molecule has 0 saturated carbocycles. The van der Waals surface area contributed by atoms with Crippen LogP contribution < -0.4 is 10.1 Å². The molecule has 0 saturated heterocycles. The first-order chi connectivity index (χ1) is 15.1. The molecule has 1 N–H and O–H groups in total. The Balaban J connectivity index is 1.66. The molecule has 0 radical (unpaired) electrons. The summed E-state index contributed by atoms with van der Waals surface area (Å²) >= 11 is 6.04. The fourth-order valence-corrected chi connectivity index (χ4v) is 3.21. The van der Waals surface area contributed by atoms with Crippen molar-refractivity contribution in [3.8, 4) is 22.8 Å². The number of hydrogen-bond acceptors (Lipinski definition) is 4. The summed E-state index contributed by atoms with van der Waals surface area (Å²) in [6.45, 7) is 2.92. The van der Waals surface area contributed by atoms with Gasteiger partial charge in [-0.25, -0.2) is 9.67 Å². The Labute approximate surface area is 185 Å². The van der Waals surface area contributed by atoms with Crippen molar-refractivity contribution in [1.29, 1.82) is 0 Å². The molecular formula is C24H21ClN4O2. The van der Waals surface area contributed by atoms with Gasteiger partial charge in [0.15, 0.2) is 5.82 Å². The molecule has 1 amide bonds. The SMILES string of the molecule is CCOc1ccc(-n2nc(C(=O)NCc3ccccc3)nc2-c2ccc(Cl)cc2)cc1. The Kier molecular flexibility index (Phi) is 6.29. The van der Waals surface area contributed by atoms with E-state index in [-0.39, 0.29) is 11.7 Å². The zero-order chi connectivity index (χ0) is 21.6. The zero-order valence-corrected chi connectivity index (χ0v) is 17.7. The van der Waals surface area contributed by atoms with E-state index in [2.05, 4.69) is 15.4 Å². The molecule has 4 rings (SSSR count). The topological polar surface area (TPSA) is 69.0 Å². The monoisotopic (exact) mass is 432 g/mol. The van der Waals surface area contributed by atoms with Gasteiger partial charge in [-0.05, 0) is 61.0 Å². The lowest BCUT2D eigenvalue weighted by atomic mass is 10.2. The van der Waals surface area contributed by atoms with Gasteiger partial charge < -0.3 is 10.1 Å². The van der Waals surface area contributed by atoms with Crippen molar-refractivity contribution in [2.75, 3.05) is 6.61 Å². The summed E-state index contributed by atoms with van der Waals surface area (Å²) in [5, 5.41) is 7.98. The molecule has 0 spiro atoms. The molecule has 0 fully saturated rings. The highest BCUT2D eigenvalue weighted by molar-refractivity contribution is 6.30. The maximum absolute atomic E-state index is 12.7. The molecule has 156 valence electrons. The first-order valence-electron chi connectivity index (χ1n) is 9.92. The van der Waals surface area contributed by atoms with Crippen molar-refractivity contribution in [2.24, 2.45) is 0 Å². The number of benzene rings is 3. The predicted octanol–water partition coefficient (Wildman–Crippen LogP) is 4.92. The molecule has 3 aromatic carbocycles. The highest BCUT2D eigenvalue weighted by Gasteiger charge is 2.19. The van der Waals surface area contributed by atoms with Crippen molar-refractivity contribution in [1.82, 2.24) is 20.1 Å². The van der Waals surface area contributed by atoms with Crippen LogP contribution in [0, 0.1) is 0 Å². The Bertz CT molecular complexity index is 1160. The van der Waals surface area contributed by atoms with Gasteiger partial charge in [0.05, 0.1) is 12.3 Å². The van der Waals surface area contributed by atoms with Gasteiger partial charge in [0, 0.05) is 17.1 Å². The number of rotatable bonds is 7. The highest BCUT2D eigenvalue weighted by atomic mass is 35.5. The van der Waals surface area contributed by atoms with Crippen LogP contribution in [0.4, 0.5) is 0 Å². The summed E-state index contributed by atoms with van der Waals surface area (Å²) in [4.78, 5) is 17.3. The van der Waals surface area contributed by atoms with Crippen LogP contribution in [0.2, 0.25) is 5.02 Å². The quantitative estimate of drug-likeness (QED) is 0.450. The van der Waals surface area contributed by atoms with E-state index in [9.17, 15) is 4.79 Å². The lowest BCUT2D eigenvalue weighted by Gasteiger charge is -2.08. The standard InChI is InChI=1S/C24H21ClN4O2/c1-2-31-21-14-12-20(13-15-21)29-23(18-8-10-19(25)11-9-18)27-22(28-29)24(30)26-16-17-6-4-3-5-7-17/h3-15H,2,16H2,1H3,(H,26,30). The Morgan fingerprint density at radius 1 is 1.00 bits per heavy atom. The first-order valence-corrected chi connectivity index (χ1v) is 10.3. The number of nitrogens with zero attached hydrogens (tertiary/aromatic N) is 3. The first kappa shape index (κ1) is 20.6. The van der Waals surface area contributed by atoms with Crippen LogP contribution in [0.1, 0.15) is 23.1 Å². The van der Waals surface area contributed by atoms with Gasteiger partial charge in [-0.3, -0.25) is 4.79 Å². The number of hydrogen-bond donors (Lipinski definition) is 1. The van der Waals surface area contributed by atoms with Crippen LogP contribution in [0.25, 0.3) is 17.1 Å². The van der Waals surface area contributed by atoms with Crippen LogP contribution in [-0.4, -0.2) is 27.3 Å². The number of carbonyl (C=O) groups is 1. The molecule has 0 bridgehead atoms. The maximum atomic E-state index is 12.7. The number of amides is 1. The second-order valence-corrected chi connectivity index (χ2v) is 7.21. The summed E-state index contributed by atoms with van der Waals surface area (Å²) < 4.78 is 7.17. The van der Waals surface area contributed by atoms with Crippen molar-refractivity contribution < 1.29 is 9.53 Å². The van der Waals surface area contributed by atoms with Crippen LogP contribution in [-0.2, 0) is 6.54 Å². The number of aromatic nitrogens is 3. The van der Waals surface area contributed by atoms with E-state index in [1.165, 1.54) is 0 Å². The molecule has 1 heterocycles. The fourth-order valence-electron chi connectivity index (χ4n) is 3.08. The minimum atomic E-state index is -0.344. The van der Waals surface area contributed by atoms with E-state index in [4.69, 9.17) is 16.3 Å². The van der Waals surface area contributed by atoms with Crippen molar-refractivity contribution in [3.63, 3.8) is 0 Å². The van der Waals surface area contributed by atoms with Crippen molar-refractivity contribution in [3.05, 3.63) is 95.3 Å². The number of nitrogens with one attached hydrogen (secondary N) is 1. The second-order valence-electron chi connectivity index (χ2n) is 6.77. The number of carbonyl (C=O) groups excluding carboxylic acids is 1. The molecule has 1 aromatic heterocycles. The minimum Gasteiger partial charge on any atom is -0.494 e. The highest BCUT2D eigenvalue weighted by Crippen LogP contribution is 2.24. The van der Waals surface area contributed by atoms with Gasteiger partial charge in [0.2, 0.25) is 5.82 Å². The van der Waals surface area contributed by atoms with E-state index in [0.717, 1.165) is 22.6 Å². The normalized spacial score (nSPS) is 10.6. The average Bonchev–Trinajstić information content (AvgIpc) is 3.25. The van der Waals surface area contributed by atoms with Gasteiger partial charge in [-0.1, -0.05) is 41.9 Å². The molecule has 0 atom stereocenters. The Morgan fingerprint density at radius 3 is 2.39 bits per heavy atom. The van der Waals surface area contributed by atoms with Crippen LogP contribution in [0.3, 0.4) is 0 Å². The Morgan fingerprint density at radius 2 is 1.71 bits per heavy atom. The zero-order valence-electron chi connectivity index (χ0n) is 17.0. The van der Waals surface area contributed by atoms with Crippen LogP contribution >= 0.6 is 11.6 Å². The van der Waals surface area contributed by atoms with Gasteiger partial charge in [0.25, 0.3) is 5.91 Å². The summed E-state index contributed by atoms with van der Waals surface area (Å²) in [7, 11) is 0. The largest absolute Gasteiger partial charge is 0.494 e. The number of ether oxygens (including phenoxy) is 1. The predicted molar refractivity (Wildman–Crippen MR) is 121 cm³/mol. The summed E-state index contributed by atoms with van der Waals surface area (Å²) in [5.74, 6) is 1.06. The van der Waals surface area contributed by atoms with Gasteiger partial charge in [-0.2, -0.15) is 0 Å². The van der Waals surface area contributed by atoms with E-state index in [0.29, 0.717) is 24.0 Å². The molecule has 0 unspecified atom stereocenters. The lowest BCUT2D eigenvalue weighted by Crippen LogP contribution is -2.24. The summed E-state index contributed by atoms with van der Waals surface area (Å²) in [5.41, 5.74) is 2.57. The van der Waals surface area contributed by atoms with Gasteiger partial charge in [0.1, 0.15) is 5.75 Å². The second kappa shape index (κ2) is 9.45. The van der Waals surface area contributed by atoms with Gasteiger partial charge >= 0.3 is 0 Å². The average molecular weight is 433 g/mol. The van der Waals surface area contributed by atoms with Crippen LogP contribution in [0.5, 0.6) is 5.75 Å². The third-order valence-corrected chi connectivity index (χ3v) is 4.85. The molecule has 31 heavy (non-hydrogen) atoms. The van der Waals surface area contributed by atoms with Crippen molar-refractivity contribution >= 4 is 17.5 Å². The van der Waals surface area contributed by atoms with Gasteiger partial charge in [-0.15, -0.1) is 5.10 Å². The van der Waals surface area contributed by atoms with E-state index < -0.39 is 0 Å². The third kappa shape index (κ3) is 4.92. The molecule has 7 heteroatoms. The lowest BCUT2D eigenvalue weighted by molar-refractivity contribution is 0.0940. The van der Waals surface area contributed by atoms with E-state index >= 15 is 0 Å². The minimum absolute atomic E-state index is 0.0924. The molecule has 6 nitrogen and oxygen atoms in total. The number of halogens is 1. The molecular weight excluding hydrogens is 412 g/mol. The molecule has 4 aromatic rings. The van der Waals surface area contributed by atoms with Crippen LogP contribution in [0.15, 0.2) is 78.9 Å². The van der Waals surface area contributed by atoms with Crippen molar-refractivity contribution in [2.45, 2.75) is 13.5 Å².